The average molecular weight is 234 g/mol. The zero-order chi connectivity index (χ0) is 12.1. The van der Waals surface area contributed by atoms with Gasteiger partial charge in [0.15, 0.2) is 6.61 Å². The number of ether oxygens (including phenoxy) is 1. The predicted octanol–water partition coefficient (Wildman–Crippen LogP) is 1.54. The van der Waals surface area contributed by atoms with E-state index >= 15 is 0 Å². The third-order valence-electron chi connectivity index (χ3n) is 2.89. The summed E-state index contributed by atoms with van der Waals surface area (Å²) in [6.07, 6.45) is 3.06. The predicted molar refractivity (Wildman–Crippen MR) is 67.2 cm³/mol. The second kappa shape index (κ2) is 5.68. The fourth-order valence-corrected chi connectivity index (χ4v) is 1.99. The monoisotopic (exact) mass is 234 g/mol. The van der Waals surface area contributed by atoms with Gasteiger partial charge in [-0.2, -0.15) is 0 Å². The molecule has 1 heterocycles. The van der Waals surface area contributed by atoms with Crippen molar-refractivity contribution in [2.75, 3.05) is 24.6 Å². The third kappa shape index (κ3) is 2.77. The largest absolute Gasteiger partial charge is 0.482 e. The van der Waals surface area contributed by atoms with Crippen LogP contribution in [0.5, 0.6) is 5.75 Å². The quantitative estimate of drug-likeness (QED) is 0.786. The van der Waals surface area contributed by atoms with E-state index in [4.69, 9.17) is 10.5 Å². The van der Waals surface area contributed by atoms with Crippen molar-refractivity contribution in [1.29, 1.82) is 0 Å². The van der Waals surface area contributed by atoms with E-state index in [-0.39, 0.29) is 12.5 Å². The van der Waals surface area contributed by atoms with E-state index in [1.54, 1.807) is 0 Å². The zero-order valence-corrected chi connectivity index (χ0v) is 9.89. The SMILES string of the molecule is NCCCCCN1C(=O)COc2ccccc21. The molecule has 1 aromatic carbocycles. The Balaban J connectivity index is 2.02. The van der Waals surface area contributed by atoms with E-state index in [2.05, 4.69) is 0 Å². The van der Waals surface area contributed by atoms with Crippen LogP contribution in [0.25, 0.3) is 0 Å². The Labute approximate surface area is 101 Å². The van der Waals surface area contributed by atoms with Crippen molar-refractivity contribution in [1.82, 2.24) is 0 Å². The van der Waals surface area contributed by atoms with Gasteiger partial charge < -0.3 is 15.4 Å². The molecule has 0 atom stereocenters. The highest BCUT2D eigenvalue weighted by Crippen LogP contribution is 2.31. The van der Waals surface area contributed by atoms with Crippen molar-refractivity contribution < 1.29 is 9.53 Å². The molecule has 4 heteroatoms. The maximum Gasteiger partial charge on any atom is 0.265 e. The Kier molecular flexibility index (Phi) is 3.98. The van der Waals surface area contributed by atoms with E-state index < -0.39 is 0 Å². The first-order chi connectivity index (χ1) is 8.33. The number of benzene rings is 1. The number of fused-ring (bicyclic) bond motifs is 1. The van der Waals surface area contributed by atoms with E-state index in [1.165, 1.54) is 0 Å². The standard InChI is InChI=1S/C13H18N2O2/c14-8-4-1-5-9-15-11-6-2-3-7-12(11)17-10-13(15)16/h2-3,6-7H,1,4-5,8-10,14H2. The van der Waals surface area contributed by atoms with Gasteiger partial charge in [-0.3, -0.25) is 4.79 Å². The van der Waals surface area contributed by atoms with Crippen molar-refractivity contribution in [3.05, 3.63) is 24.3 Å². The Morgan fingerprint density at radius 3 is 2.88 bits per heavy atom. The molecular weight excluding hydrogens is 216 g/mol. The van der Waals surface area contributed by atoms with Crippen LogP contribution < -0.4 is 15.4 Å². The van der Waals surface area contributed by atoms with Crippen molar-refractivity contribution in [2.45, 2.75) is 19.3 Å². The fraction of sp³-hybridized carbons (Fsp3) is 0.462. The van der Waals surface area contributed by atoms with Crippen LogP contribution in [-0.2, 0) is 4.79 Å². The summed E-state index contributed by atoms with van der Waals surface area (Å²) in [6, 6.07) is 7.67. The Morgan fingerprint density at radius 2 is 2.06 bits per heavy atom. The highest BCUT2D eigenvalue weighted by atomic mass is 16.5. The van der Waals surface area contributed by atoms with Gasteiger partial charge in [0, 0.05) is 6.54 Å². The van der Waals surface area contributed by atoms with Crippen LogP contribution in [0.3, 0.4) is 0 Å². The average Bonchev–Trinajstić information content (AvgIpc) is 2.37. The number of carbonyl (C=O) groups is 1. The molecule has 0 aromatic heterocycles. The molecule has 92 valence electrons. The van der Waals surface area contributed by atoms with Gasteiger partial charge in [0.05, 0.1) is 5.69 Å². The van der Waals surface area contributed by atoms with Gasteiger partial charge in [-0.05, 0) is 31.5 Å². The molecule has 0 fully saturated rings. The van der Waals surface area contributed by atoms with Crippen LogP contribution >= 0.6 is 0 Å². The van der Waals surface area contributed by atoms with Gasteiger partial charge in [-0.15, -0.1) is 0 Å². The lowest BCUT2D eigenvalue weighted by atomic mass is 10.2. The molecule has 0 bridgehead atoms. The minimum absolute atomic E-state index is 0.0384. The number of hydrogen-bond acceptors (Lipinski definition) is 3. The first kappa shape index (κ1) is 11.9. The van der Waals surface area contributed by atoms with Crippen LogP contribution in [0.4, 0.5) is 5.69 Å². The molecular formula is C13H18N2O2. The van der Waals surface area contributed by atoms with Crippen LogP contribution in [0, 0.1) is 0 Å². The van der Waals surface area contributed by atoms with Crippen LogP contribution in [0.15, 0.2) is 24.3 Å². The molecule has 17 heavy (non-hydrogen) atoms. The molecule has 0 spiro atoms. The summed E-state index contributed by atoms with van der Waals surface area (Å²) in [5, 5.41) is 0. The molecule has 0 unspecified atom stereocenters. The number of unbranched alkanes of at least 4 members (excludes halogenated alkanes) is 2. The lowest BCUT2D eigenvalue weighted by Gasteiger charge is -2.29. The second-order valence-electron chi connectivity index (χ2n) is 4.15. The van der Waals surface area contributed by atoms with E-state index in [1.807, 2.05) is 29.2 Å². The second-order valence-corrected chi connectivity index (χ2v) is 4.15. The number of nitrogens with two attached hydrogens (primary N) is 1. The van der Waals surface area contributed by atoms with Crippen LogP contribution in [0.2, 0.25) is 0 Å². The topological polar surface area (TPSA) is 55.6 Å². The van der Waals surface area contributed by atoms with E-state index in [0.29, 0.717) is 6.54 Å². The molecule has 0 aliphatic carbocycles. The Morgan fingerprint density at radius 1 is 1.24 bits per heavy atom. The number of para-hydroxylation sites is 2. The number of carbonyl (C=O) groups excluding carboxylic acids is 1. The van der Waals surface area contributed by atoms with Gasteiger partial charge in [0.25, 0.3) is 5.91 Å². The lowest BCUT2D eigenvalue weighted by Crippen LogP contribution is -2.39. The number of nitrogens with zero attached hydrogens (tertiary/aromatic N) is 1. The molecule has 1 aliphatic heterocycles. The fourth-order valence-electron chi connectivity index (χ4n) is 1.99. The van der Waals surface area contributed by atoms with Gasteiger partial charge in [-0.25, -0.2) is 0 Å². The molecule has 2 N–H and O–H groups in total. The number of rotatable bonds is 5. The van der Waals surface area contributed by atoms with Gasteiger partial charge in [0.1, 0.15) is 5.75 Å². The molecule has 1 aromatic rings. The maximum atomic E-state index is 11.8. The Hall–Kier alpha value is -1.55. The third-order valence-corrected chi connectivity index (χ3v) is 2.89. The molecule has 0 radical (unpaired) electrons. The minimum atomic E-state index is 0.0384. The van der Waals surface area contributed by atoms with E-state index in [9.17, 15) is 4.79 Å². The summed E-state index contributed by atoms with van der Waals surface area (Å²) < 4.78 is 5.38. The van der Waals surface area contributed by atoms with Crippen molar-refractivity contribution >= 4 is 11.6 Å². The van der Waals surface area contributed by atoms with Crippen LogP contribution in [-0.4, -0.2) is 25.6 Å². The van der Waals surface area contributed by atoms with E-state index in [0.717, 1.165) is 37.2 Å². The molecule has 0 saturated carbocycles. The number of hydrogen-bond donors (Lipinski definition) is 1. The maximum absolute atomic E-state index is 11.8. The van der Waals surface area contributed by atoms with Crippen LogP contribution in [0.1, 0.15) is 19.3 Å². The molecule has 0 saturated heterocycles. The number of amides is 1. The van der Waals surface area contributed by atoms with Crippen molar-refractivity contribution in [2.24, 2.45) is 5.73 Å². The minimum Gasteiger partial charge on any atom is -0.482 e. The van der Waals surface area contributed by atoms with Crippen molar-refractivity contribution in [3.8, 4) is 5.75 Å². The first-order valence-electron chi connectivity index (χ1n) is 6.05. The van der Waals surface area contributed by atoms with Gasteiger partial charge in [0.2, 0.25) is 0 Å². The molecule has 1 aliphatic rings. The zero-order valence-electron chi connectivity index (χ0n) is 9.89. The smallest absolute Gasteiger partial charge is 0.265 e. The summed E-state index contributed by atoms with van der Waals surface area (Å²) in [6.45, 7) is 1.61. The highest BCUT2D eigenvalue weighted by Gasteiger charge is 2.24. The summed E-state index contributed by atoms with van der Waals surface area (Å²) >= 11 is 0. The summed E-state index contributed by atoms with van der Waals surface area (Å²) in [4.78, 5) is 13.6. The summed E-state index contributed by atoms with van der Waals surface area (Å²) in [5.41, 5.74) is 6.34. The highest BCUT2D eigenvalue weighted by molar-refractivity contribution is 5.97. The van der Waals surface area contributed by atoms with Crippen molar-refractivity contribution in [3.63, 3.8) is 0 Å². The molecule has 4 nitrogen and oxygen atoms in total. The summed E-state index contributed by atoms with van der Waals surface area (Å²) in [7, 11) is 0. The van der Waals surface area contributed by atoms with Gasteiger partial charge in [-0.1, -0.05) is 18.6 Å². The molecule has 1 amide bonds. The first-order valence-corrected chi connectivity index (χ1v) is 6.05. The normalized spacial score (nSPS) is 14.4. The molecule has 2 rings (SSSR count). The summed E-state index contributed by atoms with van der Waals surface area (Å²) in [5.74, 6) is 0.836. The Bertz CT molecular complexity index is 393. The lowest BCUT2D eigenvalue weighted by molar-refractivity contribution is -0.121. The number of anilines is 1. The van der Waals surface area contributed by atoms with Gasteiger partial charge >= 0.3 is 0 Å².